The van der Waals surface area contributed by atoms with E-state index in [0.29, 0.717) is 10.7 Å². The molecule has 2 rings (SSSR count). The monoisotopic (exact) mass is 349 g/mol. The molecule has 0 radical (unpaired) electrons. The van der Waals surface area contributed by atoms with Gasteiger partial charge in [-0.1, -0.05) is 60.5 Å². The summed E-state index contributed by atoms with van der Waals surface area (Å²) in [4.78, 5) is 0.239. The molecule has 1 N–H and O–H groups in total. The van der Waals surface area contributed by atoms with Gasteiger partial charge >= 0.3 is 0 Å². The van der Waals surface area contributed by atoms with E-state index in [1.54, 1.807) is 36.4 Å². The van der Waals surface area contributed by atoms with Gasteiger partial charge in [-0.3, -0.25) is 4.72 Å². The fraction of sp³-hybridized carbons (Fsp3) is 0.222. The highest BCUT2D eigenvalue weighted by Crippen LogP contribution is 2.32. The number of hydrogen-bond donors (Lipinski definition) is 1. The van der Waals surface area contributed by atoms with Crippen LogP contribution < -0.4 is 4.72 Å². The molecule has 5 heteroatoms. The molecule has 1 unspecified atom stereocenters. The van der Waals surface area contributed by atoms with Crippen LogP contribution in [0.5, 0.6) is 0 Å². The molecule has 0 aliphatic rings. The molecule has 0 fully saturated rings. The maximum Gasteiger partial charge on any atom is 0.261 e. The van der Waals surface area contributed by atoms with Crippen molar-refractivity contribution in [3.63, 3.8) is 0 Å². The lowest BCUT2D eigenvalue weighted by Gasteiger charge is -2.17. The van der Waals surface area contributed by atoms with Gasteiger partial charge in [0.1, 0.15) is 0 Å². The summed E-state index contributed by atoms with van der Waals surface area (Å²) in [6.45, 7) is 5.72. The minimum atomic E-state index is -3.63. The van der Waals surface area contributed by atoms with Crippen molar-refractivity contribution in [3.05, 3.63) is 70.8 Å². The molecular formula is C18H20ClNO2S. The van der Waals surface area contributed by atoms with Crippen LogP contribution in [-0.4, -0.2) is 8.42 Å². The van der Waals surface area contributed by atoms with Gasteiger partial charge in [-0.25, -0.2) is 8.42 Å². The van der Waals surface area contributed by atoms with Crippen LogP contribution >= 0.6 is 11.6 Å². The maximum atomic E-state index is 12.6. The number of aryl methyl sites for hydroxylation is 1. The van der Waals surface area contributed by atoms with Gasteiger partial charge < -0.3 is 0 Å². The fourth-order valence-electron chi connectivity index (χ4n) is 2.29. The van der Waals surface area contributed by atoms with Gasteiger partial charge in [-0.2, -0.15) is 0 Å². The Labute approximate surface area is 143 Å². The Hall–Kier alpha value is -1.78. The van der Waals surface area contributed by atoms with Crippen LogP contribution in [0.3, 0.4) is 0 Å². The molecule has 0 saturated carbocycles. The number of halogens is 1. The molecule has 0 amide bonds. The van der Waals surface area contributed by atoms with Gasteiger partial charge in [0.25, 0.3) is 10.0 Å². The molecule has 0 aliphatic carbocycles. The van der Waals surface area contributed by atoms with E-state index in [4.69, 9.17) is 11.6 Å². The Morgan fingerprint density at radius 1 is 1.13 bits per heavy atom. The van der Waals surface area contributed by atoms with Gasteiger partial charge in [0.2, 0.25) is 0 Å². The van der Waals surface area contributed by atoms with Gasteiger partial charge in [0.15, 0.2) is 0 Å². The Morgan fingerprint density at radius 2 is 1.74 bits per heavy atom. The minimum Gasteiger partial charge on any atom is -0.279 e. The lowest BCUT2D eigenvalue weighted by atomic mass is 9.99. The molecule has 1 atom stereocenters. The zero-order valence-corrected chi connectivity index (χ0v) is 14.9. The summed E-state index contributed by atoms with van der Waals surface area (Å²) in [5.41, 5.74) is 2.39. The highest BCUT2D eigenvalue weighted by molar-refractivity contribution is 7.92. The summed E-state index contributed by atoms with van der Waals surface area (Å²) in [7, 11) is -3.63. The average molecular weight is 350 g/mol. The Bertz CT molecular complexity index is 811. The van der Waals surface area contributed by atoms with E-state index >= 15 is 0 Å². The van der Waals surface area contributed by atoms with Crippen LogP contribution in [0.2, 0.25) is 0 Å². The molecule has 2 aromatic carbocycles. The topological polar surface area (TPSA) is 46.2 Å². The molecule has 122 valence electrons. The second-order valence-electron chi connectivity index (χ2n) is 5.40. The SMILES string of the molecule is CC=C(Cl)C(C)c1ccccc1NS(=O)(=O)c1ccc(C)cc1. The Balaban J connectivity index is 2.38. The van der Waals surface area contributed by atoms with Crippen molar-refractivity contribution in [2.75, 3.05) is 4.72 Å². The standard InChI is InChI=1S/C18H20ClNO2S/c1-4-17(19)14(3)16-7-5-6-8-18(16)20-23(21,22)15-11-9-13(2)10-12-15/h4-12,14,20H,1-3H3. The smallest absolute Gasteiger partial charge is 0.261 e. The van der Waals surface area contributed by atoms with Crippen LogP contribution in [0, 0.1) is 6.92 Å². The van der Waals surface area contributed by atoms with Crippen LogP contribution in [0.25, 0.3) is 0 Å². The largest absolute Gasteiger partial charge is 0.279 e. The van der Waals surface area contributed by atoms with Crippen molar-refractivity contribution in [1.82, 2.24) is 0 Å². The van der Waals surface area contributed by atoms with Gasteiger partial charge in [-0.15, -0.1) is 0 Å². The fourth-order valence-corrected chi connectivity index (χ4v) is 3.49. The van der Waals surface area contributed by atoms with Gasteiger partial charge in [0.05, 0.1) is 10.6 Å². The lowest BCUT2D eigenvalue weighted by molar-refractivity contribution is 0.601. The first-order chi connectivity index (χ1) is 10.8. The highest BCUT2D eigenvalue weighted by atomic mass is 35.5. The second-order valence-corrected chi connectivity index (χ2v) is 7.52. The van der Waals surface area contributed by atoms with E-state index in [1.165, 1.54) is 0 Å². The highest BCUT2D eigenvalue weighted by Gasteiger charge is 2.19. The summed E-state index contributed by atoms with van der Waals surface area (Å²) < 4.78 is 27.8. The van der Waals surface area contributed by atoms with E-state index in [0.717, 1.165) is 11.1 Å². The zero-order valence-electron chi connectivity index (χ0n) is 13.4. The average Bonchev–Trinajstić information content (AvgIpc) is 2.54. The van der Waals surface area contributed by atoms with Crippen LogP contribution in [0.1, 0.15) is 30.9 Å². The molecule has 0 aromatic heterocycles. The van der Waals surface area contributed by atoms with E-state index < -0.39 is 10.0 Å². The van der Waals surface area contributed by atoms with Crippen LogP contribution in [0.4, 0.5) is 5.69 Å². The maximum absolute atomic E-state index is 12.6. The quantitative estimate of drug-likeness (QED) is 0.821. The molecule has 0 aliphatic heterocycles. The first-order valence-corrected chi connectivity index (χ1v) is 9.21. The molecule has 0 spiro atoms. The summed E-state index contributed by atoms with van der Waals surface area (Å²) in [6, 6.07) is 14.0. The third-order valence-corrected chi connectivity index (χ3v) is 5.62. The zero-order chi connectivity index (χ0) is 17.0. The molecule has 0 bridgehead atoms. The van der Waals surface area contributed by atoms with Crippen molar-refractivity contribution in [2.24, 2.45) is 0 Å². The van der Waals surface area contributed by atoms with Crippen molar-refractivity contribution >= 4 is 27.3 Å². The minimum absolute atomic E-state index is 0.0846. The van der Waals surface area contributed by atoms with Crippen molar-refractivity contribution in [1.29, 1.82) is 0 Å². The van der Waals surface area contributed by atoms with E-state index in [2.05, 4.69) is 4.72 Å². The molecule has 2 aromatic rings. The van der Waals surface area contributed by atoms with E-state index in [1.807, 2.05) is 39.0 Å². The number of nitrogens with one attached hydrogen (secondary N) is 1. The summed E-state index contributed by atoms with van der Waals surface area (Å²) in [5.74, 6) is -0.0846. The third-order valence-electron chi connectivity index (χ3n) is 3.69. The predicted octanol–water partition coefficient (Wildman–Crippen LogP) is 5.04. The van der Waals surface area contributed by atoms with Crippen molar-refractivity contribution < 1.29 is 8.42 Å². The van der Waals surface area contributed by atoms with Crippen molar-refractivity contribution in [2.45, 2.75) is 31.6 Å². The Morgan fingerprint density at radius 3 is 2.35 bits per heavy atom. The third kappa shape index (κ3) is 4.15. The first-order valence-electron chi connectivity index (χ1n) is 7.35. The number of anilines is 1. The van der Waals surface area contributed by atoms with Crippen molar-refractivity contribution in [3.8, 4) is 0 Å². The summed E-state index contributed by atoms with van der Waals surface area (Å²) >= 11 is 6.21. The summed E-state index contributed by atoms with van der Waals surface area (Å²) in [5, 5.41) is 0.673. The molecule has 3 nitrogen and oxygen atoms in total. The van der Waals surface area contributed by atoms with Gasteiger partial charge in [0, 0.05) is 11.0 Å². The number of sulfonamides is 1. The number of allylic oxidation sites excluding steroid dienone is 2. The van der Waals surface area contributed by atoms with Crippen LogP contribution in [-0.2, 0) is 10.0 Å². The normalized spacial score (nSPS) is 13.7. The molecular weight excluding hydrogens is 330 g/mol. The van der Waals surface area contributed by atoms with E-state index in [-0.39, 0.29) is 10.8 Å². The predicted molar refractivity (Wildman–Crippen MR) is 96.5 cm³/mol. The Kier molecular flexibility index (Phi) is 5.50. The molecule has 23 heavy (non-hydrogen) atoms. The second kappa shape index (κ2) is 7.20. The first kappa shape index (κ1) is 17.6. The molecule has 0 heterocycles. The van der Waals surface area contributed by atoms with Crippen LogP contribution in [0.15, 0.2) is 64.5 Å². The van der Waals surface area contributed by atoms with Gasteiger partial charge in [-0.05, 0) is 37.6 Å². The number of para-hydroxylation sites is 1. The molecule has 0 saturated heterocycles. The number of benzene rings is 2. The number of rotatable bonds is 5. The summed E-state index contributed by atoms with van der Waals surface area (Å²) in [6.07, 6.45) is 1.82. The lowest BCUT2D eigenvalue weighted by Crippen LogP contribution is -2.15. The van der Waals surface area contributed by atoms with E-state index in [9.17, 15) is 8.42 Å². The number of hydrogen-bond acceptors (Lipinski definition) is 2.